The second kappa shape index (κ2) is 9.68. The third-order valence-corrected chi connectivity index (χ3v) is 4.22. The summed E-state index contributed by atoms with van der Waals surface area (Å²) in [5, 5.41) is 12.9. The molecule has 0 radical (unpaired) electrons. The molecule has 0 rings (SSSR count). The van der Waals surface area contributed by atoms with Gasteiger partial charge in [-0.3, -0.25) is 5.32 Å². The number of nitrogens with one attached hydrogen (secondary N) is 1. The highest BCUT2D eigenvalue weighted by Gasteiger charge is 2.28. The fraction of sp³-hybridized carbons (Fsp3) is 1.00. The fourth-order valence-electron chi connectivity index (χ4n) is 1.97. The first kappa shape index (κ1) is 19.8. The largest absolute Gasteiger partial charge is 0.379 e. The number of ether oxygens (including phenoxy) is 2. The number of methoxy groups -OCH3 is 1. The van der Waals surface area contributed by atoms with Crippen LogP contribution in [0.4, 0.5) is 0 Å². The standard InChI is InChI=1S/C15H34N2O3/c1-6-14(3,19-5)8-11-20-15(4,7-2)12-13(18)17-10-9-16/h13,17-18H,6-12,16H2,1-5H3. The van der Waals surface area contributed by atoms with Crippen LogP contribution in [-0.2, 0) is 9.47 Å². The smallest absolute Gasteiger partial charge is 0.107 e. The maximum atomic E-state index is 9.93. The Balaban J connectivity index is 4.23. The molecule has 0 amide bonds. The van der Waals surface area contributed by atoms with Crippen molar-refractivity contribution in [2.75, 3.05) is 26.8 Å². The molecule has 4 N–H and O–H groups in total. The van der Waals surface area contributed by atoms with Gasteiger partial charge in [0, 0.05) is 26.6 Å². The number of nitrogens with two attached hydrogens (primary N) is 1. The Morgan fingerprint density at radius 1 is 1.20 bits per heavy atom. The fourth-order valence-corrected chi connectivity index (χ4v) is 1.97. The summed E-state index contributed by atoms with van der Waals surface area (Å²) in [7, 11) is 1.74. The van der Waals surface area contributed by atoms with E-state index in [1.165, 1.54) is 0 Å². The van der Waals surface area contributed by atoms with E-state index in [-0.39, 0.29) is 11.2 Å². The van der Waals surface area contributed by atoms with Gasteiger partial charge in [0.05, 0.1) is 17.8 Å². The van der Waals surface area contributed by atoms with E-state index < -0.39 is 6.23 Å². The monoisotopic (exact) mass is 290 g/mol. The van der Waals surface area contributed by atoms with Gasteiger partial charge in [-0.25, -0.2) is 0 Å². The Morgan fingerprint density at radius 2 is 1.80 bits per heavy atom. The van der Waals surface area contributed by atoms with Gasteiger partial charge in [-0.05, 0) is 33.1 Å². The summed E-state index contributed by atoms with van der Waals surface area (Å²) in [4.78, 5) is 0. The zero-order valence-corrected chi connectivity index (χ0v) is 13.9. The molecule has 3 atom stereocenters. The van der Waals surface area contributed by atoms with E-state index in [0.717, 1.165) is 19.3 Å². The Labute approximate surface area is 124 Å². The van der Waals surface area contributed by atoms with Gasteiger partial charge in [-0.1, -0.05) is 13.8 Å². The highest BCUT2D eigenvalue weighted by atomic mass is 16.5. The summed E-state index contributed by atoms with van der Waals surface area (Å²) in [5.74, 6) is 0. The predicted molar refractivity (Wildman–Crippen MR) is 82.7 cm³/mol. The maximum absolute atomic E-state index is 9.93. The summed E-state index contributed by atoms with van der Waals surface area (Å²) in [6.45, 7) is 10.1. The number of hydrogen-bond donors (Lipinski definition) is 3. The Hall–Kier alpha value is -0.200. The Bertz CT molecular complexity index is 247. The first-order valence-electron chi connectivity index (χ1n) is 7.65. The lowest BCUT2D eigenvalue weighted by atomic mass is 9.96. The molecule has 3 unspecified atom stereocenters. The molecule has 0 aliphatic rings. The highest BCUT2D eigenvalue weighted by Crippen LogP contribution is 2.24. The summed E-state index contributed by atoms with van der Waals surface area (Å²) >= 11 is 0. The molecule has 0 fully saturated rings. The molecule has 5 nitrogen and oxygen atoms in total. The molecule has 0 bridgehead atoms. The molecular weight excluding hydrogens is 256 g/mol. The lowest BCUT2D eigenvalue weighted by Crippen LogP contribution is -2.42. The van der Waals surface area contributed by atoms with Crippen LogP contribution >= 0.6 is 0 Å². The SMILES string of the molecule is CCC(C)(CCOC(C)(CC)CC(O)NCCN)OC. The third kappa shape index (κ3) is 7.55. The summed E-state index contributed by atoms with van der Waals surface area (Å²) < 4.78 is 11.5. The van der Waals surface area contributed by atoms with Crippen LogP contribution in [0, 0.1) is 0 Å². The van der Waals surface area contributed by atoms with E-state index in [1.807, 2.05) is 6.92 Å². The zero-order chi connectivity index (χ0) is 15.6. The van der Waals surface area contributed by atoms with Crippen molar-refractivity contribution in [1.29, 1.82) is 0 Å². The van der Waals surface area contributed by atoms with Crippen LogP contribution < -0.4 is 11.1 Å². The number of hydrogen-bond acceptors (Lipinski definition) is 5. The van der Waals surface area contributed by atoms with Gasteiger partial charge in [0.1, 0.15) is 6.23 Å². The van der Waals surface area contributed by atoms with Crippen molar-refractivity contribution < 1.29 is 14.6 Å². The lowest BCUT2D eigenvalue weighted by Gasteiger charge is -2.33. The number of aliphatic hydroxyl groups excluding tert-OH is 1. The maximum Gasteiger partial charge on any atom is 0.107 e. The van der Waals surface area contributed by atoms with Gasteiger partial charge < -0.3 is 20.3 Å². The van der Waals surface area contributed by atoms with E-state index in [9.17, 15) is 5.11 Å². The molecule has 122 valence electrons. The molecule has 0 aliphatic heterocycles. The van der Waals surface area contributed by atoms with Gasteiger partial charge in [0.15, 0.2) is 0 Å². The van der Waals surface area contributed by atoms with Crippen molar-refractivity contribution >= 4 is 0 Å². The topological polar surface area (TPSA) is 76.7 Å². The zero-order valence-electron chi connectivity index (χ0n) is 13.9. The van der Waals surface area contributed by atoms with E-state index in [0.29, 0.717) is 26.1 Å². The van der Waals surface area contributed by atoms with Crippen molar-refractivity contribution in [2.24, 2.45) is 5.73 Å². The predicted octanol–water partition coefficient (Wildman–Crippen LogP) is 1.63. The van der Waals surface area contributed by atoms with E-state index in [1.54, 1.807) is 7.11 Å². The van der Waals surface area contributed by atoms with Crippen molar-refractivity contribution in [3.05, 3.63) is 0 Å². The van der Waals surface area contributed by atoms with Gasteiger partial charge in [-0.15, -0.1) is 0 Å². The third-order valence-electron chi connectivity index (χ3n) is 4.22. The van der Waals surface area contributed by atoms with E-state index >= 15 is 0 Å². The summed E-state index contributed by atoms with van der Waals surface area (Å²) in [6.07, 6.45) is 2.63. The minimum atomic E-state index is -0.580. The van der Waals surface area contributed by atoms with Gasteiger partial charge in [-0.2, -0.15) is 0 Å². The summed E-state index contributed by atoms with van der Waals surface area (Å²) in [5.41, 5.74) is 4.95. The van der Waals surface area contributed by atoms with Crippen LogP contribution in [-0.4, -0.2) is 49.3 Å². The van der Waals surface area contributed by atoms with Crippen molar-refractivity contribution in [3.8, 4) is 0 Å². The van der Waals surface area contributed by atoms with Gasteiger partial charge in [0.2, 0.25) is 0 Å². The lowest BCUT2D eigenvalue weighted by molar-refractivity contribution is -0.0938. The molecule has 5 heteroatoms. The van der Waals surface area contributed by atoms with Crippen molar-refractivity contribution in [1.82, 2.24) is 5.32 Å². The minimum absolute atomic E-state index is 0.134. The molecule has 0 aliphatic carbocycles. The molecule has 0 aromatic carbocycles. The van der Waals surface area contributed by atoms with Crippen molar-refractivity contribution in [3.63, 3.8) is 0 Å². The first-order chi connectivity index (χ1) is 9.34. The van der Waals surface area contributed by atoms with Crippen LogP contribution in [0.1, 0.15) is 53.4 Å². The van der Waals surface area contributed by atoms with E-state index in [2.05, 4.69) is 26.1 Å². The molecule has 0 aromatic rings. The second-order valence-electron chi connectivity index (χ2n) is 5.87. The quantitative estimate of drug-likeness (QED) is 0.476. The molecule has 0 heterocycles. The molecule has 0 aromatic heterocycles. The Kier molecular flexibility index (Phi) is 9.59. The molecule has 0 saturated heterocycles. The highest BCUT2D eigenvalue weighted by molar-refractivity contribution is 4.79. The summed E-state index contributed by atoms with van der Waals surface area (Å²) in [6, 6.07) is 0. The first-order valence-corrected chi connectivity index (χ1v) is 7.65. The minimum Gasteiger partial charge on any atom is -0.379 e. The van der Waals surface area contributed by atoms with Gasteiger partial charge in [0.25, 0.3) is 0 Å². The van der Waals surface area contributed by atoms with E-state index in [4.69, 9.17) is 15.2 Å². The molecule has 20 heavy (non-hydrogen) atoms. The van der Waals surface area contributed by atoms with Crippen molar-refractivity contribution in [2.45, 2.75) is 70.8 Å². The van der Waals surface area contributed by atoms with Crippen LogP contribution in [0.2, 0.25) is 0 Å². The van der Waals surface area contributed by atoms with Crippen LogP contribution in [0.15, 0.2) is 0 Å². The number of rotatable bonds is 12. The average molecular weight is 290 g/mol. The molecular formula is C15H34N2O3. The van der Waals surface area contributed by atoms with Crippen LogP contribution in [0.25, 0.3) is 0 Å². The molecule has 0 spiro atoms. The Morgan fingerprint density at radius 3 is 2.25 bits per heavy atom. The normalized spacial score (nSPS) is 19.4. The second-order valence-corrected chi connectivity index (χ2v) is 5.87. The number of aliphatic hydroxyl groups is 1. The van der Waals surface area contributed by atoms with Crippen LogP contribution in [0.5, 0.6) is 0 Å². The molecule has 0 saturated carbocycles. The average Bonchev–Trinajstić information content (AvgIpc) is 2.44. The van der Waals surface area contributed by atoms with Gasteiger partial charge >= 0.3 is 0 Å². The van der Waals surface area contributed by atoms with Crippen LogP contribution in [0.3, 0.4) is 0 Å².